The van der Waals surface area contributed by atoms with Crippen molar-refractivity contribution >= 4 is 10.8 Å². The Kier molecular flexibility index (Phi) is 3.18. The average molecular weight is 200 g/mol. The van der Waals surface area contributed by atoms with Crippen molar-refractivity contribution in [1.82, 2.24) is 4.98 Å². The van der Waals surface area contributed by atoms with E-state index in [4.69, 9.17) is 4.74 Å². The molecule has 0 spiro atoms. The molecule has 2 aromatic rings. The molecule has 77 valence electrons. The summed E-state index contributed by atoms with van der Waals surface area (Å²) in [6.45, 7) is 2.95. The van der Waals surface area contributed by atoms with E-state index in [-0.39, 0.29) is 0 Å². The topological polar surface area (TPSA) is 22.1 Å². The third-order valence-electron chi connectivity index (χ3n) is 2.32. The number of nitrogens with zero attached hydrogens (tertiary/aromatic N) is 1. The highest BCUT2D eigenvalue weighted by Gasteiger charge is 1.96. The zero-order valence-electron chi connectivity index (χ0n) is 8.86. The predicted molar refractivity (Wildman–Crippen MR) is 61.0 cm³/mol. The van der Waals surface area contributed by atoms with Crippen LogP contribution in [0.1, 0.15) is 19.8 Å². The van der Waals surface area contributed by atoms with E-state index in [0.29, 0.717) is 0 Å². The Morgan fingerprint density at radius 3 is 3.13 bits per heavy atom. The van der Waals surface area contributed by atoms with Gasteiger partial charge in [0.05, 0.1) is 12.8 Å². The van der Waals surface area contributed by atoms with E-state index in [9.17, 15) is 0 Å². The Morgan fingerprint density at radius 1 is 1.33 bits per heavy atom. The summed E-state index contributed by atoms with van der Waals surface area (Å²) in [5, 5.41) is 2.25. The highest BCUT2D eigenvalue weighted by molar-refractivity contribution is 5.82. The Labute approximate surface area is 89.9 Å². The van der Waals surface area contributed by atoms with Gasteiger partial charge in [0.15, 0.2) is 0 Å². The molecule has 0 aliphatic rings. The lowest BCUT2D eigenvalue weighted by Gasteiger charge is -2.05. The zero-order chi connectivity index (χ0) is 10.5. The van der Waals surface area contributed by atoms with E-state index >= 15 is 0 Å². The second-order valence-corrected chi connectivity index (χ2v) is 3.52. The first-order valence-electron chi connectivity index (χ1n) is 5.29. The molecule has 0 aliphatic heterocycles. The number of ether oxygens (including phenoxy) is 1. The van der Waals surface area contributed by atoms with Gasteiger partial charge in [0, 0.05) is 11.6 Å². The maximum atomic E-state index is 5.62. The molecule has 0 aliphatic carbocycles. The minimum atomic E-state index is 0.788. The van der Waals surface area contributed by atoms with Crippen LogP contribution in [0.4, 0.5) is 0 Å². The molecule has 0 atom stereocenters. The van der Waals surface area contributed by atoms with Crippen molar-refractivity contribution in [2.45, 2.75) is 19.8 Å². The van der Waals surface area contributed by atoms with Gasteiger partial charge in [-0.15, -0.1) is 0 Å². The molecule has 0 bridgehead atoms. The van der Waals surface area contributed by atoms with Crippen LogP contribution < -0.4 is 4.74 Å². The van der Waals surface area contributed by atoms with Gasteiger partial charge in [0.2, 0.25) is 0 Å². The number of aromatic nitrogens is 1. The molecule has 1 radical (unpaired) electrons. The van der Waals surface area contributed by atoms with Gasteiger partial charge in [-0.2, -0.15) is 0 Å². The van der Waals surface area contributed by atoms with Crippen LogP contribution in [0.25, 0.3) is 10.8 Å². The van der Waals surface area contributed by atoms with Crippen LogP contribution in [0.3, 0.4) is 0 Å². The van der Waals surface area contributed by atoms with Gasteiger partial charge in [0.1, 0.15) is 5.75 Å². The number of rotatable bonds is 4. The minimum absolute atomic E-state index is 0.788. The summed E-state index contributed by atoms with van der Waals surface area (Å²) in [5.41, 5.74) is 0. The highest BCUT2D eigenvalue weighted by atomic mass is 16.5. The molecule has 0 saturated heterocycles. The first-order chi connectivity index (χ1) is 7.40. The number of unbranched alkanes of at least 4 members (excludes halogenated alkanes) is 1. The first kappa shape index (κ1) is 9.97. The largest absolute Gasteiger partial charge is 0.494 e. The second-order valence-electron chi connectivity index (χ2n) is 3.52. The van der Waals surface area contributed by atoms with Gasteiger partial charge in [-0.1, -0.05) is 13.3 Å². The van der Waals surface area contributed by atoms with Crippen molar-refractivity contribution in [3.63, 3.8) is 0 Å². The molecule has 0 unspecified atom stereocenters. The molecule has 1 heterocycles. The SMILES string of the molecule is CCCCOc1ccc2cn[c]cc2c1. The lowest BCUT2D eigenvalue weighted by molar-refractivity contribution is 0.310. The molecule has 0 amide bonds. The fourth-order valence-corrected chi connectivity index (χ4v) is 1.43. The third-order valence-corrected chi connectivity index (χ3v) is 2.32. The molecule has 1 aromatic carbocycles. The summed E-state index contributed by atoms with van der Waals surface area (Å²) < 4.78 is 5.62. The lowest BCUT2D eigenvalue weighted by Crippen LogP contribution is -1.95. The van der Waals surface area contributed by atoms with E-state index in [2.05, 4.69) is 18.1 Å². The molecule has 0 fully saturated rings. The number of hydrogen-bond acceptors (Lipinski definition) is 2. The third kappa shape index (κ3) is 2.46. The van der Waals surface area contributed by atoms with Crippen LogP contribution in [-0.4, -0.2) is 11.6 Å². The van der Waals surface area contributed by atoms with Crippen LogP contribution in [0.2, 0.25) is 0 Å². The van der Waals surface area contributed by atoms with Crippen LogP contribution in [0.5, 0.6) is 5.75 Å². The number of fused-ring (bicyclic) bond motifs is 1. The molecular weight excluding hydrogens is 186 g/mol. The fourth-order valence-electron chi connectivity index (χ4n) is 1.43. The Balaban J connectivity index is 2.16. The summed E-state index contributed by atoms with van der Waals surface area (Å²) in [4.78, 5) is 3.95. The normalized spacial score (nSPS) is 10.5. The van der Waals surface area contributed by atoms with Crippen LogP contribution in [0.15, 0.2) is 30.5 Å². The maximum absolute atomic E-state index is 5.62. The summed E-state index contributed by atoms with van der Waals surface area (Å²) in [7, 11) is 0. The molecule has 0 saturated carbocycles. The van der Waals surface area contributed by atoms with Gasteiger partial charge < -0.3 is 4.74 Å². The van der Waals surface area contributed by atoms with Crippen LogP contribution >= 0.6 is 0 Å². The Morgan fingerprint density at radius 2 is 2.27 bits per heavy atom. The quantitative estimate of drug-likeness (QED) is 0.707. The van der Waals surface area contributed by atoms with Crippen LogP contribution in [0, 0.1) is 6.20 Å². The Bertz CT molecular complexity index is 439. The lowest BCUT2D eigenvalue weighted by atomic mass is 10.2. The smallest absolute Gasteiger partial charge is 0.119 e. The summed E-state index contributed by atoms with van der Waals surface area (Å²) >= 11 is 0. The number of pyridine rings is 1. The molecule has 15 heavy (non-hydrogen) atoms. The van der Waals surface area contributed by atoms with Gasteiger partial charge >= 0.3 is 0 Å². The second kappa shape index (κ2) is 4.78. The predicted octanol–water partition coefficient (Wildman–Crippen LogP) is 3.21. The summed E-state index contributed by atoms with van der Waals surface area (Å²) in [5.74, 6) is 0.926. The monoisotopic (exact) mass is 200 g/mol. The number of hydrogen-bond donors (Lipinski definition) is 0. The molecule has 0 N–H and O–H groups in total. The van der Waals surface area contributed by atoms with Crippen molar-refractivity contribution in [3.8, 4) is 5.75 Å². The zero-order valence-corrected chi connectivity index (χ0v) is 8.86. The molecule has 2 nitrogen and oxygen atoms in total. The van der Waals surface area contributed by atoms with Crippen molar-refractivity contribution in [2.75, 3.05) is 6.61 Å². The first-order valence-corrected chi connectivity index (χ1v) is 5.29. The van der Waals surface area contributed by atoms with Crippen molar-refractivity contribution in [3.05, 3.63) is 36.7 Å². The van der Waals surface area contributed by atoms with Gasteiger partial charge in [-0.25, -0.2) is 0 Å². The molecule has 2 rings (SSSR count). The molecule has 2 heteroatoms. The van der Waals surface area contributed by atoms with E-state index < -0.39 is 0 Å². The van der Waals surface area contributed by atoms with Crippen molar-refractivity contribution in [2.24, 2.45) is 0 Å². The summed E-state index contributed by atoms with van der Waals surface area (Å²) in [6, 6.07) is 7.92. The average Bonchev–Trinajstić information content (AvgIpc) is 2.29. The van der Waals surface area contributed by atoms with Crippen molar-refractivity contribution < 1.29 is 4.74 Å². The molecular formula is C13H14NO. The minimum Gasteiger partial charge on any atom is -0.494 e. The Hall–Kier alpha value is -1.57. The number of benzene rings is 1. The standard InChI is InChI=1S/C13H14NO/c1-2-3-8-15-13-5-4-12-10-14-7-6-11(12)9-13/h4-6,9-10H,2-3,8H2,1H3. The maximum Gasteiger partial charge on any atom is 0.119 e. The van der Waals surface area contributed by atoms with Gasteiger partial charge in [-0.3, -0.25) is 4.98 Å². The van der Waals surface area contributed by atoms with E-state index in [0.717, 1.165) is 36.0 Å². The van der Waals surface area contributed by atoms with E-state index in [1.165, 1.54) is 0 Å². The molecule has 1 aromatic heterocycles. The van der Waals surface area contributed by atoms with E-state index in [1.54, 1.807) is 0 Å². The van der Waals surface area contributed by atoms with Crippen molar-refractivity contribution in [1.29, 1.82) is 0 Å². The van der Waals surface area contributed by atoms with Crippen LogP contribution in [-0.2, 0) is 0 Å². The van der Waals surface area contributed by atoms with E-state index in [1.807, 2.05) is 30.5 Å². The van der Waals surface area contributed by atoms with Gasteiger partial charge in [-0.05, 0) is 36.1 Å². The highest BCUT2D eigenvalue weighted by Crippen LogP contribution is 2.19. The summed E-state index contributed by atoms with van der Waals surface area (Å²) in [6.07, 6.45) is 6.89. The van der Waals surface area contributed by atoms with Gasteiger partial charge in [0.25, 0.3) is 0 Å². The fraction of sp³-hybridized carbons (Fsp3) is 0.308.